The van der Waals surface area contributed by atoms with Crippen molar-refractivity contribution in [1.29, 1.82) is 0 Å². The molecule has 0 saturated carbocycles. The lowest BCUT2D eigenvalue weighted by Crippen LogP contribution is -2.51. The monoisotopic (exact) mass is 459 g/mol. The SMILES string of the molecule is CCN1c2ncc(-c3nc4cc(C(=O)NC)ccc4n3Cc3ccn(C)n3)cc2OCC1(C)C. The molecule has 1 aliphatic rings. The van der Waals surface area contributed by atoms with Crippen LogP contribution >= 0.6 is 0 Å². The number of carbonyl (C=O) groups is 1. The van der Waals surface area contributed by atoms with E-state index in [1.165, 1.54) is 0 Å². The van der Waals surface area contributed by atoms with Crippen LogP contribution in [-0.4, -0.2) is 56.0 Å². The Bertz CT molecular complexity index is 1390. The Morgan fingerprint density at radius 3 is 2.76 bits per heavy atom. The van der Waals surface area contributed by atoms with Crippen molar-refractivity contribution in [2.45, 2.75) is 32.9 Å². The third-order valence-electron chi connectivity index (χ3n) is 6.30. The Labute approximate surface area is 198 Å². The van der Waals surface area contributed by atoms with Gasteiger partial charge in [-0.05, 0) is 51.1 Å². The minimum Gasteiger partial charge on any atom is -0.487 e. The summed E-state index contributed by atoms with van der Waals surface area (Å²) < 4.78 is 10.0. The van der Waals surface area contributed by atoms with E-state index in [9.17, 15) is 4.79 Å². The lowest BCUT2D eigenvalue weighted by Gasteiger charge is -2.43. The maximum absolute atomic E-state index is 12.2. The molecule has 4 heterocycles. The van der Waals surface area contributed by atoms with Crippen LogP contribution in [0.25, 0.3) is 22.4 Å². The van der Waals surface area contributed by atoms with Crippen LogP contribution in [0.5, 0.6) is 5.75 Å². The summed E-state index contributed by atoms with van der Waals surface area (Å²) in [6, 6.07) is 9.57. The number of likely N-dealkylation sites (N-methyl/N-ethyl adjacent to an activating group) is 1. The second kappa shape index (κ2) is 8.16. The fraction of sp³-hybridized carbons (Fsp3) is 0.360. The van der Waals surface area contributed by atoms with Gasteiger partial charge in [0.1, 0.15) is 12.4 Å². The van der Waals surface area contributed by atoms with Crippen LogP contribution in [0.4, 0.5) is 5.82 Å². The number of benzene rings is 1. The molecule has 9 heteroatoms. The lowest BCUT2D eigenvalue weighted by molar-refractivity contribution is 0.0963. The van der Waals surface area contributed by atoms with Gasteiger partial charge in [0.2, 0.25) is 0 Å². The molecular formula is C25H29N7O2. The first-order valence-corrected chi connectivity index (χ1v) is 11.4. The Morgan fingerprint density at radius 2 is 2.06 bits per heavy atom. The average molecular weight is 460 g/mol. The Morgan fingerprint density at radius 1 is 1.24 bits per heavy atom. The Kier molecular flexibility index (Phi) is 5.27. The summed E-state index contributed by atoms with van der Waals surface area (Å²) >= 11 is 0. The van der Waals surface area contributed by atoms with Gasteiger partial charge in [0.25, 0.3) is 5.91 Å². The van der Waals surface area contributed by atoms with E-state index in [2.05, 4.69) is 40.7 Å². The second-order valence-corrected chi connectivity index (χ2v) is 9.18. The van der Waals surface area contributed by atoms with Crippen LogP contribution < -0.4 is 15.0 Å². The van der Waals surface area contributed by atoms with E-state index in [4.69, 9.17) is 14.7 Å². The summed E-state index contributed by atoms with van der Waals surface area (Å²) in [4.78, 5) is 24.2. The molecule has 0 bridgehead atoms. The molecule has 1 aromatic carbocycles. The number of rotatable bonds is 5. The minimum atomic E-state index is -0.145. The zero-order valence-corrected chi connectivity index (χ0v) is 20.2. The highest BCUT2D eigenvalue weighted by atomic mass is 16.5. The fourth-order valence-corrected chi connectivity index (χ4v) is 4.57. The maximum Gasteiger partial charge on any atom is 0.251 e. The molecule has 1 N–H and O–H groups in total. The number of nitrogens with one attached hydrogen (secondary N) is 1. The van der Waals surface area contributed by atoms with E-state index in [1.807, 2.05) is 49.8 Å². The molecule has 5 rings (SSSR count). The largest absolute Gasteiger partial charge is 0.487 e. The predicted octanol–water partition coefficient (Wildman–Crippen LogP) is 3.24. The van der Waals surface area contributed by atoms with Gasteiger partial charge in [-0.2, -0.15) is 5.10 Å². The van der Waals surface area contributed by atoms with Crippen molar-refractivity contribution in [3.05, 3.63) is 54.0 Å². The quantitative estimate of drug-likeness (QED) is 0.493. The van der Waals surface area contributed by atoms with Crippen LogP contribution in [0.15, 0.2) is 42.7 Å². The second-order valence-electron chi connectivity index (χ2n) is 9.18. The van der Waals surface area contributed by atoms with E-state index >= 15 is 0 Å². The van der Waals surface area contributed by atoms with Gasteiger partial charge in [-0.3, -0.25) is 9.48 Å². The molecule has 1 amide bonds. The number of hydrogen-bond donors (Lipinski definition) is 1. The van der Waals surface area contributed by atoms with Crippen molar-refractivity contribution in [3.63, 3.8) is 0 Å². The molecule has 0 aliphatic carbocycles. The summed E-state index contributed by atoms with van der Waals surface area (Å²) in [6.07, 6.45) is 3.77. The third-order valence-corrected chi connectivity index (χ3v) is 6.30. The van der Waals surface area contributed by atoms with Crippen LogP contribution in [0.1, 0.15) is 36.8 Å². The number of imidazole rings is 1. The zero-order chi connectivity index (χ0) is 24.0. The molecule has 0 unspecified atom stereocenters. The number of nitrogens with zero attached hydrogens (tertiary/aromatic N) is 6. The predicted molar refractivity (Wildman–Crippen MR) is 131 cm³/mol. The van der Waals surface area contributed by atoms with Crippen molar-refractivity contribution in [1.82, 2.24) is 29.6 Å². The molecule has 3 aromatic heterocycles. The number of amides is 1. The normalized spacial score (nSPS) is 14.7. The van der Waals surface area contributed by atoms with Gasteiger partial charge < -0.3 is 19.5 Å². The molecule has 0 radical (unpaired) electrons. The molecule has 34 heavy (non-hydrogen) atoms. The highest BCUT2D eigenvalue weighted by Crippen LogP contribution is 2.39. The smallest absolute Gasteiger partial charge is 0.251 e. The van der Waals surface area contributed by atoms with Gasteiger partial charge in [0.15, 0.2) is 11.6 Å². The van der Waals surface area contributed by atoms with E-state index in [0.717, 1.165) is 46.2 Å². The molecule has 0 fully saturated rings. The number of aryl methyl sites for hydroxylation is 1. The number of ether oxygens (including phenoxy) is 1. The molecule has 9 nitrogen and oxygen atoms in total. The van der Waals surface area contributed by atoms with E-state index in [-0.39, 0.29) is 11.4 Å². The van der Waals surface area contributed by atoms with Crippen LogP contribution in [0.3, 0.4) is 0 Å². The van der Waals surface area contributed by atoms with Crippen molar-refractivity contribution < 1.29 is 9.53 Å². The van der Waals surface area contributed by atoms with E-state index in [0.29, 0.717) is 18.7 Å². The van der Waals surface area contributed by atoms with Crippen LogP contribution in [0.2, 0.25) is 0 Å². The minimum absolute atomic E-state index is 0.126. The van der Waals surface area contributed by atoms with Gasteiger partial charge in [-0.1, -0.05) is 0 Å². The van der Waals surface area contributed by atoms with Gasteiger partial charge in [0.05, 0.1) is 28.8 Å². The number of carbonyl (C=O) groups excluding carboxylic acids is 1. The molecule has 176 valence electrons. The Balaban J connectivity index is 1.64. The highest BCUT2D eigenvalue weighted by Gasteiger charge is 2.34. The Hall–Kier alpha value is -3.88. The van der Waals surface area contributed by atoms with Crippen molar-refractivity contribution in [2.24, 2.45) is 7.05 Å². The molecular weight excluding hydrogens is 430 g/mol. The van der Waals surface area contributed by atoms with Crippen LogP contribution in [-0.2, 0) is 13.6 Å². The molecule has 4 aromatic rings. The number of pyridine rings is 1. The highest BCUT2D eigenvalue weighted by molar-refractivity contribution is 5.97. The topological polar surface area (TPSA) is 90.1 Å². The summed E-state index contributed by atoms with van der Waals surface area (Å²) in [7, 11) is 3.52. The van der Waals surface area contributed by atoms with Gasteiger partial charge in [0, 0.05) is 44.2 Å². The third kappa shape index (κ3) is 3.67. The fourth-order valence-electron chi connectivity index (χ4n) is 4.57. The van der Waals surface area contributed by atoms with Gasteiger partial charge in [-0.25, -0.2) is 9.97 Å². The number of anilines is 1. The standard InChI is InChI=1S/C25H29N7O2/c1-6-32-23-21(34-15-25(32,2)3)12-17(13-27-23)22-28-19-11-16(24(33)26-4)7-8-20(19)31(22)14-18-9-10-30(5)29-18/h7-13H,6,14-15H2,1-5H3,(H,26,33). The summed E-state index contributed by atoms with van der Waals surface area (Å²) in [6.45, 7) is 8.41. The zero-order valence-electron chi connectivity index (χ0n) is 20.2. The first kappa shape index (κ1) is 21.9. The first-order valence-electron chi connectivity index (χ1n) is 11.4. The molecule has 0 atom stereocenters. The first-order chi connectivity index (χ1) is 16.3. The molecule has 1 aliphatic heterocycles. The molecule has 0 spiro atoms. The van der Waals surface area contributed by atoms with Crippen molar-refractivity contribution in [3.8, 4) is 17.1 Å². The van der Waals surface area contributed by atoms with Crippen LogP contribution in [0, 0.1) is 0 Å². The number of aromatic nitrogens is 5. The summed E-state index contributed by atoms with van der Waals surface area (Å²) in [5.74, 6) is 2.20. The summed E-state index contributed by atoms with van der Waals surface area (Å²) in [5.41, 5.74) is 3.86. The van der Waals surface area contributed by atoms with Gasteiger partial charge in [-0.15, -0.1) is 0 Å². The summed E-state index contributed by atoms with van der Waals surface area (Å²) in [5, 5.41) is 7.22. The van der Waals surface area contributed by atoms with E-state index in [1.54, 1.807) is 11.7 Å². The average Bonchev–Trinajstić information content (AvgIpc) is 3.40. The van der Waals surface area contributed by atoms with Crippen molar-refractivity contribution in [2.75, 3.05) is 25.1 Å². The van der Waals surface area contributed by atoms with Gasteiger partial charge >= 0.3 is 0 Å². The lowest BCUT2D eigenvalue weighted by atomic mass is 10.0. The van der Waals surface area contributed by atoms with Crippen molar-refractivity contribution >= 4 is 22.8 Å². The van der Waals surface area contributed by atoms with E-state index < -0.39 is 0 Å². The molecule has 0 saturated heterocycles. The number of hydrogen-bond acceptors (Lipinski definition) is 6. The number of fused-ring (bicyclic) bond motifs is 2. The maximum atomic E-state index is 12.2.